The molecule has 2 bridgehead atoms. The third-order valence-electron chi connectivity index (χ3n) is 6.90. The average Bonchev–Trinajstić information content (AvgIpc) is 3.11. The predicted octanol–water partition coefficient (Wildman–Crippen LogP) is 3.15. The molecule has 36 heavy (non-hydrogen) atoms. The van der Waals surface area contributed by atoms with Crippen LogP contribution in [0.1, 0.15) is 77.5 Å². The molecule has 9 heteroatoms. The summed E-state index contributed by atoms with van der Waals surface area (Å²) in [5.74, 6) is 0.165. The Morgan fingerprint density at radius 3 is 2.39 bits per heavy atom. The van der Waals surface area contributed by atoms with E-state index in [0.29, 0.717) is 47.6 Å². The number of nitrogens with one attached hydrogen (secondary N) is 2. The second-order valence-electron chi connectivity index (χ2n) is 9.87. The zero-order chi connectivity index (χ0) is 25.8. The summed E-state index contributed by atoms with van der Waals surface area (Å²) in [5.41, 5.74) is 7.47. The molecule has 3 heterocycles. The quantitative estimate of drug-likeness (QED) is 0.343. The molecule has 0 aliphatic carbocycles. The fourth-order valence-corrected chi connectivity index (χ4v) is 5.21. The van der Waals surface area contributed by atoms with Gasteiger partial charge in [0.25, 0.3) is 11.8 Å². The van der Waals surface area contributed by atoms with Crippen molar-refractivity contribution >= 4 is 29.1 Å². The highest BCUT2D eigenvalue weighted by atomic mass is 16.5. The van der Waals surface area contributed by atoms with E-state index in [1.54, 1.807) is 24.4 Å². The summed E-state index contributed by atoms with van der Waals surface area (Å²) in [6.45, 7) is 6.41. The van der Waals surface area contributed by atoms with E-state index >= 15 is 0 Å². The number of ether oxygens (including phenoxy) is 1. The van der Waals surface area contributed by atoms with Gasteiger partial charge in [-0.25, -0.2) is 4.98 Å². The summed E-state index contributed by atoms with van der Waals surface area (Å²) in [5, 5.41) is 6.36. The van der Waals surface area contributed by atoms with Gasteiger partial charge in [-0.1, -0.05) is 0 Å². The molecule has 1 aromatic carbocycles. The molecule has 2 amide bonds. The molecule has 4 N–H and O–H groups in total. The Balaban J connectivity index is 1.40. The number of nitrogens with zero attached hydrogens (tertiary/aromatic N) is 2. The lowest BCUT2D eigenvalue weighted by atomic mass is 9.96. The maximum absolute atomic E-state index is 13.1. The lowest BCUT2D eigenvalue weighted by Gasteiger charge is -2.40. The van der Waals surface area contributed by atoms with E-state index in [2.05, 4.69) is 20.5 Å². The standard InChI is InChI=1S/C27H35N5O4/c1-16(2)36-11-10-29-24-12-18(4-8-23(24)26(28)34)27(35)31-20-13-21-6-7-22(14-20)32(21)25-9-5-19(15-30-25)17(3)33/h4-5,8-9,12,15-16,20-22,29H,6-7,10-11,13-14H2,1-3H3,(H2,28,34)(H,31,35)/t20-,21+,22-. The highest BCUT2D eigenvalue weighted by molar-refractivity contribution is 6.02. The van der Waals surface area contributed by atoms with Crippen molar-refractivity contribution in [2.24, 2.45) is 5.73 Å². The molecule has 9 nitrogen and oxygen atoms in total. The molecule has 4 rings (SSSR count). The van der Waals surface area contributed by atoms with Gasteiger partial charge >= 0.3 is 0 Å². The second kappa shape index (κ2) is 11.1. The van der Waals surface area contributed by atoms with Crippen molar-refractivity contribution in [2.45, 2.75) is 70.7 Å². The molecule has 192 valence electrons. The van der Waals surface area contributed by atoms with Gasteiger partial charge in [0.1, 0.15) is 5.82 Å². The number of primary amides is 1. The molecule has 0 unspecified atom stereocenters. The fourth-order valence-electron chi connectivity index (χ4n) is 5.21. The van der Waals surface area contributed by atoms with Crippen LogP contribution in [0.25, 0.3) is 0 Å². The van der Waals surface area contributed by atoms with Gasteiger partial charge in [0.15, 0.2) is 5.78 Å². The minimum absolute atomic E-state index is 0.00422. The number of hydrogen-bond acceptors (Lipinski definition) is 7. The van der Waals surface area contributed by atoms with Gasteiger partial charge in [0, 0.05) is 47.7 Å². The lowest BCUT2D eigenvalue weighted by molar-refractivity contribution is 0.0869. The van der Waals surface area contributed by atoms with E-state index in [1.807, 2.05) is 26.0 Å². The SMILES string of the molecule is CC(=O)c1ccc(N2[C@@H]3CC[C@H]2C[C@@H](NC(=O)c2ccc(C(N)=O)c(NCCOC(C)C)c2)C3)nc1. The number of benzene rings is 1. The number of hydrogen-bond donors (Lipinski definition) is 3. The number of piperidine rings is 1. The smallest absolute Gasteiger partial charge is 0.251 e. The summed E-state index contributed by atoms with van der Waals surface area (Å²) in [6, 6.07) is 9.28. The Bertz CT molecular complexity index is 1100. The molecule has 3 atom stereocenters. The van der Waals surface area contributed by atoms with E-state index in [-0.39, 0.29) is 23.8 Å². The van der Waals surface area contributed by atoms with Crippen molar-refractivity contribution in [1.29, 1.82) is 0 Å². The first-order valence-corrected chi connectivity index (χ1v) is 12.6. The minimum Gasteiger partial charge on any atom is -0.382 e. The van der Waals surface area contributed by atoms with Gasteiger partial charge < -0.3 is 26.0 Å². The number of carbonyl (C=O) groups is 3. The number of amides is 2. The van der Waals surface area contributed by atoms with Gasteiger partial charge in [0.2, 0.25) is 0 Å². The molecule has 2 fully saturated rings. The number of ketones is 1. The zero-order valence-electron chi connectivity index (χ0n) is 21.1. The minimum atomic E-state index is -0.553. The highest BCUT2D eigenvalue weighted by Gasteiger charge is 2.41. The van der Waals surface area contributed by atoms with Crippen LogP contribution in [-0.4, -0.2) is 60.0 Å². The van der Waals surface area contributed by atoms with E-state index in [1.165, 1.54) is 6.92 Å². The van der Waals surface area contributed by atoms with Crippen LogP contribution in [0.4, 0.5) is 11.5 Å². The first-order chi connectivity index (χ1) is 17.2. The maximum atomic E-state index is 13.1. The zero-order valence-corrected chi connectivity index (χ0v) is 21.1. The number of nitrogens with two attached hydrogens (primary N) is 1. The number of anilines is 2. The number of Topliss-reactive ketones (excluding diaryl/α,β-unsaturated/α-hetero) is 1. The Morgan fingerprint density at radius 1 is 1.11 bits per heavy atom. The van der Waals surface area contributed by atoms with Crippen LogP contribution in [0.5, 0.6) is 0 Å². The van der Waals surface area contributed by atoms with Gasteiger partial charge in [0.05, 0.1) is 18.3 Å². The van der Waals surface area contributed by atoms with Gasteiger partial charge in [-0.15, -0.1) is 0 Å². The molecule has 1 aromatic heterocycles. The Labute approximate surface area is 211 Å². The number of pyridine rings is 1. The average molecular weight is 494 g/mol. The largest absolute Gasteiger partial charge is 0.382 e. The molecule has 2 aromatic rings. The van der Waals surface area contributed by atoms with E-state index in [9.17, 15) is 14.4 Å². The summed E-state index contributed by atoms with van der Waals surface area (Å²) in [6.07, 6.45) is 5.50. The first kappa shape index (κ1) is 25.6. The van der Waals surface area contributed by atoms with Crippen LogP contribution in [0.2, 0.25) is 0 Å². The number of rotatable bonds is 10. The summed E-state index contributed by atoms with van der Waals surface area (Å²) in [4.78, 5) is 43.4. The van der Waals surface area contributed by atoms with Crippen LogP contribution < -0.4 is 21.3 Å². The summed E-state index contributed by atoms with van der Waals surface area (Å²) in [7, 11) is 0. The maximum Gasteiger partial charge on any atom is 0.251 e. The third-order valence-corrected chi connectivity index (χ3v) is 6.90. The van der Waals surface area contributed by atoms with E-state index in [0.717, 1.165) is 31.5 Å². The van der Waals surface area contributed by atoms with Crippen LogP contribution >= 0.6 is 0 Å². The van der Waals surface area contributed by atoms with Gasteiger partial charge in [-0.05, 0) is 76.8 Å². The first-order valence-electron chi connectivity index (χ1n) is 12.6. The Morgan fingerprint density at radius 2 is 1.81 bits per heavy atom. The molecule has 0 radical (unpaired) electrons. The molecule has 0 saturated carbocycles. The molecular formula is C27H35N5O4. The predicted molar refractivity (Wildman–Crippen MR) is 139 cm³/mol. The molecule has 2 aliphatic heterocycles. The van der Waals surface area contributed by atoms with Crippen LogP contribution in [0.3, 0.4) is 0 Å². The topological polar surface area (TPSA) is 127 Å². The van der Waals surface area contributed by atoms with Crippen LogP contribution in [0.15, 0.2) is 36.5 Å². The molecule has 2 saturated heterocycles. The van der Waals surface area contributed by atoms with Crippen molar-refractivity contribution in [2.75, 3.05) is 23.4 Å². The number of fused-ring (bicyclic) bond motifs is 2. The van der Waals surface area contributed by atoms with Crippen molar-refractivity contribution in [3.05, 3.63) is 53.2 Å². The number of carbonyl (C=O) groups excluding carboxylic acids is 3. The molecular weight excluding hydrogens is 458 g/mol. The van der Waals surface area contributed by atoms with Crippen molar-refractivity contribution in [3.63, 3.8) is 0 Å². The fraction of sp³-hybridized carbons (Fsp3) is 0.481. The summed E-state index contributed by atoms with van der Waals surface area (Å²) >= 11 is 0. The number of aromatic nitrogens is 1. The van der Waals surface area contributed by atoms with E-state index in [4.69, 9.17) is 10.5 Å². The lowest BCUT2D eigenvalue weighted by Crippen LogP contribution is -2.50. The Hall–Kier alpha value is -3.46. The van der Waals surface area contributed by atoms with Crippen LogP contribution in [0, 0.1) is 0 Å². The van der Waals surface area contributed by atoms with Gasteiger partial charge in [-0.2, -0.15) is 0 Å². The third kappa shape index (κ3) is 5.84. The highest BCUT2D eigenvalue weighted by Crippen LogP contribution is 2.38. The van der Waals surface area contributed by atoms with Crippen LogP contribution in [-0.2, 0) is 4.74 Å². The molecule has 2 aliphatic rings. The Kier molecular flexibility index (Phi) is 7.88. The monoisotopic (exact) mass is 493 g/mol. The van der Waals surface area contributed by atoms with E-state index < -0.39 is 5.91 Å². The van der Waals surface area contributed by atoms with Crippen molar-refractivity contribution < 1.29 is 19.1 Å². The second-order valence-corrected chi connectivity index (χ2v) is 9.87. The molecule has 0 spiro atoms. The summed E-state index contributed by atoms with van der Waals surface area (Å²) < 4.78 is 5.54. The van der Waals surface area contributed by atoms with Gasteiger partial charge in [-0.3, -0.25) is 14.4 Å². The van der Waals surface area contributed by atoms with Crippen molar-refractivity contribution in [3.8, 4) is 0 Å². The van der Waals surface area contributed by atoms with Crippen molar-refractivity contribution in [1.82, 2.24) is 10.3 Å². The normalized spacial score (nSPS) is 20.9.